The first-order valence-corrected chi connectivity index (χ1v) is 7.98. The van der Waals surface area contributed by atoms with Crippen LogP contribution in [0.4, 0.5) is 0 Å². The molecule has 2 rings (SSSR count). The van der Waals surface area contributed by atoms with Crippen LogP contribution in [0.2, 0.25) is 0 Å². The van der Waals surface area contributed by atoms with Crippen molar-refractivity contribution in [3.63, 3.8) is 0 Å². The molecule has 2 N–H and O–H groups in total. The third-order valence-electron chi connectivity index (χ3n) is 3.02. The Kier molecular flexibility index (Phi) is 8.53. The third kappa shape index (κ3) is 6.09. The number of hydrogen-bond acceptors (Lipinski definition) is 4. The van der Waals surface area contributed by atoms with E-state index in [9.17, 15) is 0 Å². The summed E-state index contributed by atoms with van der Waals surface area (Å²) >= 11 is 3.57. The first-order valence-electron chi connectivity index (χ1n) is 7.18. The Morgan fingerprint density at radius 3 is 2.74 bits per heavy atom. The quantitative estimate of drug-likeness (QED) is 0.378. The van der Waals surface area contributed by atoms with Gasteiger partial charge in [0.05, 0.1) is 6.04 Å². The normalized spacial score (nSPS) is 12.4. The molecule has 1 atom stereocenters. The van der Waals surface area contributed by atoms with Gasteiger partial charge in [-0.1, -0.05) is 39.3 Å². The van der Waals surface area contributed by atoms with Crippen LogP contribution < -0.4 is 10.6 Å². The number of nitrogens with one attached hydrogen (secondary N) is 2. The van der Waals surface area contributed by atoms with E-state index >= 15 is 0 Å². The van der Waals surface area contributed by atoms with Crippen LogP contribution in [0.15, 0.2) is 38.3 Å². The molecule has 0 amide bonds. The van der Waals surface area contributed by atoms with E-state index in [1.54, 1.807) is 6.92 Å². The molecule has 1 heterocycles. The van der Waals surface area contributed by atoms with Gasteiger partial charge >= 0.3 is 0 Å². The summed E-state index contributed by atoms with van der Waals surface area (Å²) in [4.78, 5) is 8.63. The summed E-state index contributed by atoms with van der Waals surface area (Å²) in [6.07, 6.45) is 0. The fraction of sp³-hybridized carbons (Fsp3) is 0.400. The van der Waals surface area contributed by atoms with Crippen molar-refractivity contribution in [2.75, 3.05) is 6.54 Å². The van der Waals surface area contributed by atoms with Crippen molar-refractivity contribution in [2.45, 2.75) is 33.4 Å². The SMILES string of the molecule is CCNC(=NCc1noc(C)n1)NC(C)c1ccccc1Br.I. The predicted molar refractivity (Wildman–Crippen MR) is 105 cm³/mol. The summed E-state index contributed by atoms with van der Waals surface area (Å²) in [6.45, 7) is 7.03. The second kappa shape index (κ2) is 9.86. The molecule has 0 spiro atoms. The Bertz CT molecular complexity index is 646. The van der Waals surface area contributed by atoms with Crippen molar-refractivity contribution < 1.29 is 4.52 Å². The van der Waals surface area contributed by atoms with E-state index < -0.39 is 0 Å². The van der Waals surface area contributed by atoms with Gasteiger partial charge in [0.25, 0.3) is 0 Å². The Balaban J connectivity index is 0.00000264. The lowest BCUT2D eigenvalue weighted by atomic mass is 10.1. The van der Waals surface area contributed by atoms with Crippen LogP contribution in [0.25, 0.3) is 0 Å². The molecule has 0 saturated heterocycles. The van der Waals surface area contributed by atoms with Crippen molar-refractivity contribution in [3.05, 3.63) is 46.0 Å². The molecule has 6 nitrogen and oxygen atoms in total. The standard InChI is InChI=1S/C15H20BrN5O.HI/c1-4-17-15(18-9-14-20-11(3)22-21-14)19-10(2)12-7-5-6-8-13(12)16;/h5-8,10H,4,9H2,1-3H3,(H2,17,18,19);1H. The molecule has 23 heavy (non-hydrogen) atoms. The van der Waals surface area contributed by atoms with Crippen LogP contribution in [0, 0.1) is 6.92 Å². The Morgan fingerprint density at radius 1 is 1.39 bits per heavy atom. The predicted octanol–water partition coefficient (Wildman–Crippen LogP) is 3.57. The van der Waals surface area contributed by atoms with Crippen LogP contribution in [0.5, 0.6) is 0 Å². The number of aliphatic imine (C=N–C) groups is 1. The summed E-state index contributed by atoms with van der Waals surface area (Å²) in [5, 5.41) is 10.4. The molecule has 1 aromatic heterocycles. The molecule has 0 bridgehead atoms. The monoisotopic (exact) mass is 493 g/mol. The molecular formula is C15H21BrIN5O. The molecule has 126 valence electrons. The number of benzene rings is 1. The number of nitrogens with zero attached hydrogens (tertiary/aromatic N) is 3. The highest BCUT2D eigenvalue weighted by Crippen LogP contribution is 2.22. The summed E-state index contributed by atoms with van der Waals surface area (Å²) in [5.41, 5.74) is 1.17. The van der Waals surface area contributed by atoms with Gasteiger partial charge in [-0.3, -0.25) is 0 Å². The molecule has 0 fully saturated rings. The zero-order valence-corrected chi connectivity index (χ0v) is 17.3. The third-order valence-corrected chi connectivity index (χ3v) is 3.74. The van der Waals surface area contributed by atoms with E-state index in [0.29, 0.717) is 24.2 Å². The van der Waals surface area contributed by atoms with Crippen LogP contribution >= 0.6 is 39.9 Å². The van der Waals surface area contributed by atoms with E-state index in [0.717, 1.165) is 11.0 Å². The zero-order valence-electron chi connectivity index (χ0n) is 13.3. The largest absolute Gasteiger partial charge is 0.357 e. The summed E-state index contributed by atoms with van der Waals surface area (Å²) in [5.74, 6) is 1.83. The van der Waals surface area contributed by atoms with Crippen LogP contribution in [0.3, 0.4) is 0 Å². The van der Waals surface area contributed by atoms with Crippen LogP contribution in [0.1, 0.15) is 37.2 Å². The average Bonchev–Trinajstić information content (AvgIpc) is 2.91. The van der Waals surface area contributed by atoms with Gasteiger partial charge in [-0.25, -0.2) is 4.99 Å². The smallest absolute Gasteiger partial charge is 0.223 e. The fourth-order valence-corrected chi connectivity index (χ4v) is 2.61. The number of rotatable bonds is 5. The molecule has 0 aliphatic rings. The maximum Gasteiger partial charge on any atom is 0.223 e. The average molecular weight is 494 g/mol. The van der Waals surface area contributed by atoms with Gasteiger partial charge < -0.3 is 15.2 Å². The topological polar surface area (TPSA) is 75.3 Å². The van der Waals surface area contributed by atoms with E-state index in [1.165, 1.54) is 5.56 Å². The molecule has 0 saturated carbocycles. The number of guanidine groups is 1. The van der Waals surface area contributed by atoms with Crippen molar-refractivity contribution in [2.24, 2.45) is 4.99 Å². The van der Waals surface area contributed by atoms with Crippen molar-refractivity contribution in [3.8, 4) is 0 Å². The maximum atomic E-state index is 4.95. The highest BCUT2D eigenvalue weighted by molar-refractivity contribution is 14.0. The highest BCUT2D eigenvalue weighted by Gasteiger charge is 2.11. The van der Waals surface area contributed by atoms with Gasteiger partial charge in [-0.05, 0) is 25.5 Å². The lowest BCUT2D eigenvalue weighted by molar-refractivity contribution is 0.387. The van der Waals surface area contributed by atoms with Crippen molar-refractivity contribution in [1.29, 1.82) is 0 Å². The molecule has 0 aliphatic carbocycles. The minimum Gasteiger partial charge on any atom is -0.357 e. The van der Waals surface area contributed by atoms with Crippen LogP contribution in [-0.2, 0) is 6.54 Å². The molecule has 0 radical (unpaired) electrons. The van der Waals surface area contributed by atoms with Gasteiger partial charge in [-0.15, -0.1) is 24.0 Å². The molecule has 1 aromatic carbocycles. The Labute approximate surface area is 161 Å². The van der Waals surface area contributed by atoms with E-state index in [-0.39, 0.29) is 30.0 Å². The number of halogens is 2. The Hall–Kier alpha value is -1.16. The first-order chi connectivity index (χ1) is 10.6. The van der Waals surface area contributed by atoms with Crippen LogP contribution in [-0.4, -0.2) is 22.6 Å². The number of aromatic nitrogens is 2. The summed E-state index contributed by atoms with van der Waals surface area (Å²) in [7, 11) is 0. The minimum atomic E-state index is 0. The van der Waals surface area contributed by atoms with Gasteiger partial charge in [0.15, 0.2) is 11.8 Å². The highest BCUT2D eigenvalue weighted by atomic mass is 127. The van der Waals surface area contributed by atoms with Gasteiger partial charge in [0.1, 0.15) is 6.54 Å². The van der Waals surface area contributed by atoms with Crippen molar-refractivity contribution >= 4 is 45.9 Å². The number of hydrogen-bond donors (Lipinski definition) is 2. The Morgan fingerprint density at radius 2 is 2.13 bits per heavy atom. The molecule has 2 aromatic rings. The molecule has 1 unspecified atom stereocenters. The minimum absolute atomic E-state index is 0. The zero-order chi connectivity index (χ0) is 15.9. The molecule has 0 aliphatic heterocycles. The van der Waals surface area contributed by atoms with E-state index in [4.69, 9.17) is 4.52 Å². The molecular weight excluding hydrogens is 473 g/mol. The lowest BCUT2D eigenvalue weighted by Gasteiger charge is -2.19. The summed E-state index contributed by atoms with van der Waals surface area (Å²) in [6, 6.07) is 8.23. The fourth-order valence-electron chi connectivity index (χ4n) is 1.98. The summed E-state index contributed by atoms with van der Waals surface area (Å²) < 4.78 is 6.01. The maximum absolute atomic E-state index is 4.95. The first kappa shape index (κ1) is 19.9. The van der Waals surface area contributed by atoms with Gasteiger partial charge in [0, 0.05) is 17.9 Å². The van der Waals surface area contributed by atoms with E-state index in [2.05, 4.69) is 54.7 Å². The second-order valence-corrected chi connectivity index (χ2v) is 5.67. The van der Waals surface area contributed by atoms with E-state index in [1.807, 2.05) is 25.1 Å². The van der Waals surface area contributed by atoms with Crippen molar-refractivity contribution in [1.82, 2.24) is 20.8 Å². The van der Waals surface area contributed by atoms with Gasteiger partial charge in [0.2, 0.25) is 5.89 Å². The molecule has 8 heteroatoms. The lowest BCUT2D eigenvalue weighted by Crippen LogP contribution is -2.38. The second-order valence-electron chi connectivity index (χ2n) is 4.81. The number of aryl methyl sites for hydroxylation is 1. The van der Waals surface area contributed by atoms with Gasteiger partial charge in [-0.2, -0.15) is 4.98 Å².